The van der Waals surface area contributed by atoms with Gasteiger partial charge in [-0.1, -0.05) is 26.0 Å². The number of nitrogens with one attached hydrogen (secondary N) is 2. The van der Waals surface area contributed by atoms with E-state index >= 15 is 0 Å². The number of nitrogens with zero attached hydrogens (tertiary/aromatic N) is 1. The SMILES string of the molecule is CC(=O)Nc1nc(CC(=O)Nc2ccc(C(C)C)cc2)cs1. The van der Waals surface area contributed by atoms with Crippen LogP contribution in [0.4, 0.5) is 10.8 Å². The molecule has 0 fully saturated rings. The monoisotopic (exact) mass is 317 g/mol. The number of aromatic nitrogens is 1. The highest BCUT2D eigenvalue weighted by molar-refractivity contribution is 7.13. The van der Waals surface area contributed by atoms with E-state index in [0.717, 1.165) is 5.69 Å². The summed E-state index contributed by atoms with van der Waals surface area (Å²) in [5.41, 5.74) is 2.65. The highest BCUT2D eigenvalue weighted by Crippen LogP contribution is 2.18. The van der Waals surface area contributed by atoms with Gasteiger partial charge in [0, 0.05) is 18.0 Å². The fourth-order valence-electron chi connectivity index (χ4n) is 1.92. The Hall–Kier alpha value is -2.21. The molecule has 0 radical (unpaired) electrons. The smallest absolute Gasteiger partial charge is 0.230 e. The quantitative estimate of drug-likeness (QED) is 0.888. The van der Waals surface area contributed by atoms with Gasteiger partial charge in [0.05, 0.1) is 12.1 Å². The molecule has 116 valence electrons. The van der Waals surface area contributed by atoms with E-state index in [1.165, 1.54) is 23.8 Å². The minimum atomic E-state index is -0.171. The van der Waals surface area contributed by atoms with Gasteiger partial charge in [0.1, 0.15) is 0 Å². The Labute approximate surface area is 133 Å². The van der Waals surface area contributed by atoms with Crippen LogP contribution in [0.2, 0.25) is 0 Å². The third-order valence-corrected chi connectivity index (χ3v) is 3.84. The van der Waals surface area contributed by atoms with Crippen molar-refractivity contribution < 1.29 is 9.59 Å². The van der Waals surface area contributed by atoms with Crippen molar-refractivity contribution in [1.29, 1.82) is 0 Å². The highest BCUT2D eigenvalue weighted by atomic mass is 32.1. The number of hydrogen-bond donors (Lipinski definition) is 2. The second kappa shape index (κ2) is 7.17. The van der Waals surface area contributed by atoms with E-state index in [1.54, 1.807) is 5.38 Å². The normalized spacial score (nSPS) is 10.5. The Balaban J connectivity index is 1.92. The predicted molar refractivity (Wildman–Crippen MR) is 89.3 cm³/mol. The van der Waals surface area contributed by atoms with Gasteiger partial charge in [0.2, 0.25) is 11.8 Å². The number of thiazole rings is 1. The number of anilines is 2. The number of carbonyl (C=O) groups excluding carboxylic acids is 2. The second-order valence-corrected chi connectivity index (χ2v) is 6.18. The lowest BCUT2D eigenvalue weighted by molar-refractivity contribution is -0.116. The molecule has 0 saturated heterocycles. The summed E-state index contributed by atoms with van der Waals surface area (Å²) in [5.74, 6) is 0.166. The molecule has 0 aliphatic carbocycles. The summed E-state index contributed by atoms with van der Waals surface area (Å²) >= 11 is 1.31. The first-order chi connectivity index (χ1) is 10.4. The van der Waals surface area contributed by atoms with Crippen LogP contribution >= 0.6 is 11.3 Å². The predicted octanol–water partition coefficient (Wildman–Crippen LogP) is 3.41. The maximum atomic E-state index is 12.0. The first-order valence-electron chi connectivity index (χ1n) is 7.06. The van der Waals surface area contributed by atoms with Gasteiger partial charge in [-0.3, -0.25) is 9.59 Å². The number of benzene rings is 1. The minimum Gasteiger partial charge on any atom is -0.326 e. The zero-order valence-electron chi connectivity index (χ0n) is 12.8. The van der Waals surface area contributed by atoms with Crippen LogP contribution in [0.5, 0.6) is 0 Å². The van der Waals surface area contributed by atoms with E-state index in [2.05, 4.69) is 29.5 Å². The molecule has 0 aliphatic rings. The highest BCUT2D eigenvalue weighted by Gasteiger charge is 2.09. The van der Waals surface area contributed by atoms with Crippen LogP contribution in [0, 0.1) is 0 Å². The molecule has 2 amide bonds. The average Bonchev–Trinajstić information content (AvgIpc) is 2.85. The molecule has 0 bridgehead atoms. The summed E-state index contributed by atoms with van der Waals surface area (Å²) in [6.45, 7) is 5.68. The number of rotatable bonds is 5. The van der Waals surface area contributed by atoms with Crippen molar-refractivity contribution >= 4 is 34.0 Å². The Kier molecular flexibility index (Phi) is 5.27. The van der Waals surface area contributed by atoms with Crippen molar-refractivity contribution in [3.8, 4) is 0 Å². The molecule has 6 heteroatoms. The summed E-state index contributed by atoms with van der Waals surface area (Å²) in [7, 11) is 0. The molecule has 2 aromatic rings. The largest absolute Gasteiger partial charge is 0.326 e. The van der Waals surface area contributed by atoms with Gasteiger partial charge < -0.3 is 10.6 Å². The van der Waals surface area contributed by atoms with Crippen LogP contribution in [-0.4, -0.2) is 16.8 Å². The molecule has 0 unspecified atom stereocenters. The van der Waals surface area contributed by atoms with E-state index in [0.29, 0.717) is 16.7 Å². The second-order valence-electron chi connectivity index (χ2n) is 5.33. The van der Waals surface area contributed by atoms with Crippen molar-refractivity contribution in [1.82, 2.24) is 4.98 Å². The molecule has 5 nitrogen and oxygen atoms in total. The van der Waals surface area contributed by atoms with E-state index in [9.17, 15) is 9.59 Å². The topological polar surface area (TPSA) is 71.1 Å². The van der Waals surface area contributed by atoms with Crippen LogP contribution in [0.25, 0.3) is 0 Å². The molecule has 0 atom stereocenters. The first kappa shape index (κ1) is 16.2. The van der Waals surface area contributed by atoms with Crippen molar-refractivity contribution in [3.05, 3.63) is 40.9 Å². The van der Waals surface area contributed by atoms with E-state index in [4.69, 9.17) is 0 Å². The van der Waals surface area contributed by atoms with Crippen LogP contribution in [0.3, 0.4) is 0 Å². The maximum Gasteiger partial charge on any atom is 0.230 e. The molecule has 22 heavy (non-hydrogen) atoms. The zero-order valence-corrected chi connectivity index (χ0v) is 13.7. The first-order valence-corrected chi connectivity index (χ1v) is 7.94. The van der Waals surface area contributed by atoms with Crippen molar-refractivity contribution in [2.24, 2.45) is 0 Å². The Morgan fingerprint density at radius 3 is 2.45 bits per heavy atom. The van der Waals surface area contributed by atoms with E-state index < -0.39 is 0 Å². The molecule has 0 aliphatic heterocycles. The molecule has 0 spiro atoms. The Morgan fingerprint density at radius 1 is 1.18 bits per heavy atom. The molecular formula is C16H19N3O2S. The van der Waals surface area contributed by atoms with Gasteiger partial charge in [-0.05, 0) is 23.6 Å². The van der Waals surface area contributed by atoms with Crippen molar-refractivity contribution in [3.63, 3.8) is 0 Å². The molecular weight excluding hydrogens is 298 g/mol. The lowest BCUT2D eigenvalue weighted by Gasteiger charge is -2.08. The molecule has 1 heterocycles. The lowest BCUT2D eigenvalue weighted by atomic mass is 10.0. The maximum absolute atomic E-state index is 12.0. The van der Waals surface area contributed by atoms with Crippen LogP contribution in [0.1, 0.15) is 37.9 Å². The van der Waals surface area contributed by atoms with Gasteiger partial charge in [-0.15, -0.1) is 11.3 Å². The fraction of sp³-hybridized carbons (Fsp3) is 0.312. The van der Waals surface area contributed by atoms with Gasteiger partial charge in [0.15, 0.2) is 5.13 Å². The van der Waals surface area contributed by atoms with Crippen LogP contribution < -0.4 is 10.6 Å². The van der Waals surface area contributed by atoms with Crippen LogP contribution in [0.15, 0.2) is 29.6 Å². The molecule has 1 aromatic carbocycles. The third-order valence-electron chi connectivity index (χ3n) is 3.04. The van der Waals surface area contributed by atoms with Crippen molar-refractivity contribution in [2.45, 2.75) is 33.1 Å². The molecule has 1 aromatic heterocycles. The van der Waals surface area contributed by atoms with Crippen molar-refractivity contribution in [2.75, 3.05) is 10.6 Å². The lowest BCUT2D eigenvalue weighted by Crippen LogP contribution is -2.14. The average molecular weight is 317 g/mol. The minimum absolute atomic E-state index is 0.128. The molecule has 2 N–H and O–H groups in total. The van der Waals surface area contributed by atoms with Gasteiger partial charge in [-0.25, -0.2) is 4.98 Å². The van der Waals surface area contributed by atoms with E-state index in [-0.39, 0.29) is 18.2 Å². The molecule has 2 rings (SSSR count). The van der Waals surface area contributed by atoms with E-state index in [1.807, 2.05) is 24.3 Å². The van der Waals surface area contributed by atoms with Gasteiger partial charge in [-0.2, -0.15) is 0 Å². The zero-order chi connectivity index (χ0) is 16.1. The third kappa shape index (κ3) is 4.66. The molecule has 0 saturated carbocycles. The fourth-order valence-corrected chi connectivity index (χ4v) is 2.67. The summed E-state index contributed by atoms with van der Waals surface area (Å²) < 4.78 is 0. The number of amides is 2. The summed E-state index contributed by atoms with van der Waals surface area (Å²) in [6, 6.07) is 7.82. The summed E-state index contributed by atoms with van der Waals surface area (Å²) in [5, 5.41) is 7.73. The number of carbonyl (C=O) groups is 2. The number of hydrogen-bond acceptors (Lipinski definition) is 4. The summed E-state index contributed by atoms with van der Waals surface area (Å²) in [4.78, 5) is 27.1. The van der Waals surface area contributed by atoms with Crippen LogP contribution in [-0.2, 0) is 16.0 Å². The summed E-state index contributed by atoms with van der Waals surface area (Å²) in [6.07, 6.45) is 0.183. The van der Waals surface area contributed by atoms with Gasteiger partial charge in [0.25, 0.3) is 0 Å². The van der Waals surface area contributed by atoms with Gasteiger partial charge >= 0.3 is 0 Å². The standard InChI is InChI=1S/C16H19N3O2S/c1-10(2)12-4-6-13(7-5-12)18-15(21)8-14-9-22-16(19-14)17-11(3)20/h4-7,9-10H,8H2,1-3H3,(H,18,21)(H,17,19,20). The Morgan fingerprint density at radius 2 is 1.86 bits per heavy atom. The Bertz CT molecular complexity index is 662.